The van der Waals surface area contributed by atoms with Crippen LogP contribution in [0.1, 0.15) is 68.2 Å². The second-order valence-electron chi connectivity index (χ2n) is 7.08. The fourth-order valence-electron chi connectivity index (χ4n) is 3.05. The van der Waals surface area contributed by atoms with Gasteiger partial charge in [0.2, 0.25) is 0 Å². The minimum atomic E-state index is 0.601. The van der Waals surface area contributed by atoms with E-state index in [0.29, 0.717) is 6.61 Å². The second-order valence-corrected chi connectivity index (χ2v) is 7.08. The van der Waals surface area contributed by atoms with Gasteiger partial charge in [-0.2, -0.15) is 0 Å². The fraction of sp³-hybridized carbons (Fsp3) is 0.500. The molecular weight excluding hydrogens is 320 g/mol. The van der Waals surface area contributed by atoms with E-state index in [1.807, 2.05) is 12.1 Å². The fourth-order valence-corrected chi connectivity index (χ4v) is 3.05. The Balaban J connectivity index is 1.90. The van der Waals surface area contributed by atoms with Crippen molar-refractivity contribution in [3.63, 3.8) is 0 Å². The number of unbranched alkanes of at least 4 members (excludes halogenated alkanes) is 3. The molecule has 2 rings (SSSR count). The Morgan fingerprint density at radius 2 is 1.27 bits per heavy atom. The van der Waals surface area contributed by atoms with Crippen LogP contribution in [-0.4, -0.2) is 6.61 Å². The van der Waals surface area contributed by atoms with Gasteiger partial charge >= 0.3 is 0 Å². The molecule has 0 aliphatic rings. The van der Waals surface area contributed by atoms with E-state index in [9.17, 15) is 0 Å². The molecule has 0 N–H and O–H groups in total. The van der Waals surface area contributed by atoms with Crippen LogP contribution in [0.2, 0.25) is 0 Å². The zero-order valence-electron chi connectivity index (χ0n) is 16.9. The summed E-state index contributed by atoms with van der Waals surface area (Å²) < 4.78 is 12.0. The van der Waals surface area contributed by atoms with Crippen molar-refractivity contribution in [1.29, 1.82) is 0 Å². The van der Waals surface area contributed by atoms with Crippen LogP contribution in [-0.2, 0) is 13.0 Å². The van der Waals surface area contributed by atoms with Gasteiger partial charge in [0.25, 0.3) is 0 Å². The van der Waals surface area contributed by atoms with E-state index in [-0.39, 0.29) is 0 Å². The molecule has 2 aromatic rings. The molecule has 2 heteroatoms. The van der Waals surface area contributed by atoms with Crippen LogP contribution in [0.25, 0.3) is 0 Å². The Bertz CT molecular complexity index is 659. The third kappa shape index (κ3) is 6.09. The van der Waals surface area contributed by atoms with Crippen LogP contribution in [0, 0.1) is 13.8 Å². The van der Waals surface area contributed by atoms with Crippen molar-refractivity contribution in [1.82, 2.24) is 0 Å². The molecule has 0 saturated carbocycles. The van der Waals surface area contributed by atoms with Crippen LogP contribution < -0.4 is 9.47 Å². The first-order valence-corrected chi connectivity index (χ1v) is 10.1. The Hall–Kier alpha value is -1.96. The molecule has 0 heterocycles. The van der Waals surface area contributed by atoms with Crippen LogP contribution in [0.4, 0.5) is 0 Å². The molecule has 0 fully saturated rings. The number of aryl methyl sites for hydroxylation is 1. The highest BCUT2D eigenvalue weighted by atomic mass is 16.5. The SMILES string of the molecule is CCCCCCOc1ccc(OCc2ccc(CCC)cc2)c(C)c1C. The summed E-state index contributed by atoms with van der Waals surface area (Å²) in [4.78, 5) is 0. The van der Waals surface area contributed by atoms with Gasteiger partial charge in [-0.3, -0.25) is 0 Å². The van der Waals surface area contributed by atoms with Gasteiger partial charge in [0, 0.05) is 0 Å². The zero-order chi connectivity index (χ0) is 18.8. The monoisotopic (exact) mass is 354 g/mol. The summed E-state index contributed by atoms with van der Waals surface area (Å²) in [6, 6.07) is 12.8. The average Bonchev–Trinajstić information content (AvgIpc) is 2.65. The Labute approximate surface area is 159 Å². The van der Waals surface area contributed by atoms with Gasteiger partial charge < -0.3 is 9.47 Å². The highest BCUT2D eigenvalue weighted by Gasteiger charge is 2.09. The highest BCUT2D eigenvalue weighted by Crippen LogP contribution is 2.30. The van der Waals surface area contributed by atoms with Gasteiger partial charge in [-0.05, 0) is 61.1 Å². The lowest BCUT2D eigenvalue weighted by atomic mass is 10.1. The topological polar surface area (TPSA) is 18.5 Å². The molecule has 0 amide bonds. The van der Waals surface area contributed by atoms with Crippen LogP contribution in [0.15, 0.2) is 36.4 Å². The molecule has 0 bridgehead atoms. The summed E-state index contributed by atoms with van der Waals surface area (Å²) in [7, 11) is 0. The number of hydrogen-bond donors (Lipinski definition) is 0. The smallest absolute Gasteiger partial charge is 0.123 e. The quantitative estimate of drug-likeness (QED) is 0.413. The lowest BCUT2D eigenvalue weighted by Crippen LogP contribution is -2.02. The minimum absolute atomic E-state index is 0.601. The maximum absolute atomic E-state index is 6.06. The summed E-state index contributed by atoms with van der Waals surface area (Å²) in [5, 5.41) is 0. The van der Waals surface area contributed by atoms with E-state index >= 15 is 0 Å². The van der Waals surface area contributed by atoms with Crippen molar-refractivity contribution in [3.05, 3.63) is 58.7 Å². The average molecular weight is 355 g/mol. The number of hydrogen-bond acceptors (Lipinski definition) is 2. The van der Waals surface area contributed by atoms with Crippen molar-refractivity contribution >= 4 is 0 Å². The van der Waals surface area contributed by atoms with Crippen molar-refractivity contribution in [3.8, 4) is 11.5 Å². The molecule has 0 spiro atoms. The minimum Gasteiger partial charge on any atom is -0.493 e. The summed E-state index contributed by atoms with van der Waals surface area (Å²) in [5.41, 5.74) is 4.94. The van der Waals surface area contributed by atoms with Crippen LogP contribution in [0.3, 0.4) is 0 Å². The number of rotatable bonds is 11. The molecule has 0 radical (unpaired) electrons. The van der Waals surface area contributed by atoms with E-state index < -0.39 is 0 Å². The third-order valence-electron chi connectivity index (χ3n) is 4.90. The molecular formula is C24H34O2. The van der Waals surface area contributed by atoms with E-state index in [4.69, 9.17) is 9.47 Å². The van der Waals surface area contributed by atoms with Crippen molar-refractivity contribution in [2.75, 3.05) is 6.61 Å². The predicted molar refractivity (Wildman–Crippen MR) is 110 cm³/mol. The first kappa shape index (κ1) is 20.4. The molecule has 142 valence electrons. The Morgan fingerprint density at radius 1 is 0.654 bits per heavy atom. The van der Waals surface area contributed by atoms with Gasteiger partial charge in [0.05, 0.1) is 6.61 Å². The van der Waals surface area contributed by atoms with Gasteiger partial charge in [-0.25, -0.2) is 0 Å². The molecule has 0 saturated heterocycles. The van der Waals surface area contributed by atoms with Gasteiger partial charge in [0.15, 0.2) is 0 Å². The van der Waals surface area contributed by atoms with Gasteiger partial charge in [-0.15, -0.1) is 0 Å². The zero-order valence-corrected chi connectivity index (χ0v) is 16.9. The molecule has 0 aliphatic carbocycles. The molecule has 26 heavy (non-hydrogen) atoms. The van der Waals surface area contributed by atoms with Crippen molar-refractivity contribution < 1.29 is 9.47 Å². The van der Waals surface area contributed by atoms with Gasteiger partial charge in [0.1, 0.15) is 18.1 Å². The van der Waals surface area contributed by atoms with Crippen LogP contribution >= 0.6 is 0 Å². The van der Waals surface area contributed by atoms with Crippen LogP contribution in [0.5, 0.6) is 11.5 Å². The number of ether oxygens (including phenoxy) is 2. The normalized spacial score (nSPS) is 10.8. The maximum Gasteiger partial charge on any atom is 0.123 e. The van der Waals surface area contributed by atoms with E-state index in [0.717, 1.165) is 30.9 Å². The van der Waals surface area contributed by atoms with E-state index in [2.05, 4.69) is 52.0 Å². The Morgan fingerprint density at radius 3 is 1.88 bits per heavy atom. The van der Waals surface area contributed by atoms with E-state index in [1.165, 1.54) is 47.9 Å². The molecule has 0 aromatic heterocycles. The molecule has 0 unspecified atom stereocenters. The summed E-state index contributed by atoms with van der Waals surface area (Å²) in [6.07, 6.45) is 7.23. The molecule has 0 atom stereocenters. The largest absolute Gasteiger partial charge is 0.493 e. The van der Waals surface area contributed by atoms with Crippen molar-refractivity contribution in [2.45, 2.75) is 72.8 Å². The molecule has 2 nitrogen and oxygen atoms in total. The summed E-state index contributed by atoms with van der Waals surface area (Å²) in [5.74, 6) is 1.92. The molecule has 2 aromatic carbocycles. The van der Waals surface area contributed by atoms with Crippen molar-refractivity contribution in [2.24, 2.45) is 0 Å². The number of benzene rings is 2. The highest BCUT2D eigenvalue weighted by molar-refractivity contribution is 5.47. The van der Waals surface area contributed by atoms with Gasteiger partial charge in [-0.1, -0.05) is 63.8 Å². The molecule has 0 aliphatic heterocycles. The van der Waals surface area contributed by atoms with E-state index in [1.54, 1.807) is 0 Å². The third-order valence-corrected chi connectivity index (χ3v) is 4.90. The maximum atomic E-state index is 6.06. The summed E-state index contributed by atoms with van der Waals surface area (Å²) in [6.45, 7) is 10.1. The first-order valence-electron chi connectivity index (χ1n) is 10.1. The predicted octanol–water partition coefficient (Wildman–Crippen LogP) is 6.79. The Kier molecular flexibility index (Phi) is 8.53. The second kappa shape index (κ2) is 10.9. The lowest BCUT2D eigenvalue weighted by molar-refractivity contribution is 0.293. The standard InChI is InChI=1S/C24H34O2/c1-5-7-8-9-17-25-23-15-16-24(20(4)19(23)3)26-18-22-13-11-21(10-6-2)12-14-22/h11-16H,5-10,17-18H2,1-4H3. The first-order chi connectivity index (χ1) is 12.7. The lowest BCUT2D eigenvalue weighted by Gasteiger charge is -2.15. The summed E-state index contributed by atoms with van der Waals surface area (Å²) >= 11 is 0.